The second-order valence-electron chi connectivity index (χ2n) is 3.92. The van der Waals surface area contributed by atoms with E-state index in [1.54, 1.807) is 12.1 Å². The Morgan fingerprint density at radius 2 is 1.47 bits per heavy atom. The molecular formula is C15H13FO. The van der Waals surface area contributed by atoms with Crippen LogP contribution in [0.25, 0.3) is 11.1 Å². The van der Waals surface area contributed by atoms with E-state index in [2.05, 4.69) is 0 Å². The van der Waals surface area contributed by atoms with Crippen molar-refractivity contribution in [3.8, 4) is 11.1 Å². The third-order valence-corrected chi connectivity index (χ3v) is 2.64. The van der Waals surface area contributed by atoms with E-state index in [9.17, 15) is 9.18 Å². The fourth-order valence-electron chi connectivity index (χ4n) is 1.69. The highest BCUT2D eigenvalue weighted by molar-refractivity contribution is 5.99. The monoisotopic (exact) mass is 228 g/mol. The number of rotatable bonds is 3. The fourth-order valence-corrected chi connectivity index (χ4v) is 1.69. The van der Waals surface area contributed by atoms with E-state index in [4.69, 9.17) is 0 Å². The summed E-state index contributed by atoms with van der Waals surface area (Å²) in [7, 11) is 0. The Morgan fingerprint density at radius 1 is 0.941 bits per heavy atom. The predicted molar refractivity (Wildman–Crippen MR) is 66.8 cm³/mol. The Kier molecular flexibility index (Phi) is 3.33. The van der Waals surface area contributed by atoms with E-state index < -0.39 is 12.0 Å². The normalized spacial score (nSPS) is 12.1. The van der Waals surface area contributed by atoms with E-state index in [1.165, 1.54) is 6.92 Å². The van der Waals surface area contributed by atoms with Gasteiger partial charge >= 0.3 is 0 Å². The molecule has 0 heterocycles. The molecule has 0 radical (unpaired) electrons. The molecule has 0 fully saturated rings. The van der Waals surface area contributed by atoms with Crippen molar-refractivity contribution in [1.29, 1.82) is 0 Å². The van der Waals surface area contributed by atoms with Gasteiger partial charge in [-0.05, 0) is 18.1 Å². The average molecular weight is 228 g/mol. The molecule has 0 aliphatic carbocycles. The van der Waals surface area contributed by atoms with Gasteiger partial charge in [-0.1, -0.05) is 54.6 Å². The van der Waals surface area contributed by atoms with Crippen LogP contribution < -0.4 is 0 Å². The van der Waals surface area contributed by atoms with Gasteiger partial charge in [0.2, 0.25) is 0 Å². The topological polar surface area (TPSA) is 17.1 Å². The molecule has 2 heteroatoms. The molecule has 2 rings (SSSR count). The zero-order chi connectivity index (χ0) is 12.3. The van der Waals surface area contributed by atoms with Gasteiger partial charge in [0.1, 0.15) is 0 Å². The lowest BCUT2D eigenvalue weighted by Gasteiger charge is -2.04. The summed E-state index contributed by atoms with van der Waals surface area (Å²) in [5.74, 6) is -0.468. The summed E-state index contributed by atoms with van der Waals surface area (Å²) in [6.45, 7) is 1.26. The fraction of sp³-hybridized carbons (Fsp3) is 0.133. The van der Waals surface area contributed by atoms with Crippen molar-refractivity contribution in [3.05, 3.63) is 60.2 Å². The maximum absolute atomic E-state index is 12.9. The lowest BCUT2D eigenvalue weighted by Crippen LogP contribution is -2.11. The minimum atomic E-state index is -1.45. The summed E-state index contributed by atoms with van der Waals surface area (Å²) in [6.07, 6.45) is -1.45. The molecule has 0 bridgehead atoms. The summed E-state index contributed by atoms with van der Waals surface area (Å²) in [6, 6.07) is 16.9. The number of hydrogen-bond donors (Lipinski definition) is 0. The van der Waals surface area contributed by atoms with Gasteiger partial charge in [0.25, 0.3) is 0 Å². The molecule has 86 valence electrons. The second-order valence-corrected chi connectivity index (χ2v) is 3.92. The zero-order valence-corrected chi connectivity index (χ0v) is 9.56. The van der Waals surface area contributed by atoms with Gasteiger partial charge in [-0.3, -0.25) is 4.79 Å². The molecular weight excluding hydrogens is 215 g/mol. The first-order chi connectivity index (χ1) is 8.18. The van der Waals surface area contributed by atoms with Gasteiger partial charge < -0.3 is 0 Å². The van der Waals surface area contributed by atoms with Crippen molar-refractivity contribution in [3.63, 3.8) is 0 Å². The number of benzene rings is 2. The Bertz CT molecular complexity index is 500. The average Bonchev–Trinajstić information content (AvgIpc) is 2.39. The quantitative estimate of drug-likeness (QED) is 0.728. The van der Waals surface area contributed by atoms with Crippen LogP contribution in [0.1, 0.15) is 17.3 Å². The van der Waals surface area contributed by atoms with Crippen molar-refractivity contribution < 1.29 is 9.18 Å². The van der Waals surface area contributed by atoms with Gasteiger partial charge in [-0.15, -0.1) is 0 Å². The number of halogens is 1. The van der Waals surface area contributed by atoms with Gasteiger partial charge in [-0.25, -0.2) is 4.39 Å². The van der Waals surface area contributed by atoms with Crippen molar-refractivity contribution in [2.75, 3.05) is 0 Å². The van der Waals surface area contributed by atoms with Crippen LogP contribution in [0.2, 0.25) is 0 Å². The summed E-state index contributed by atoms with van der Waals surface area (Å²) in [5.41, 5.74) is 2.52. The summed E-state index contributed by atoms with van der Waals surface area (Å²) in [5, 5.41) is 0. The van der Waals surface area contributed by atoms with Crippen molar-refractivity contribution in [2.24, 2.45) is 0 Å². The second kappa shape index (κ2) is 4.91. The molecule has 0 aliphatic heterocycles. The summed E-state index contributed by atoms with van der Waals surface area (Å²) in [4.78, 5) is 11.4. The minimum absolute atomic E-state index is 0.416. The molecule has 1 atom stereocenters. The van der Waals surface area contributed by atoms with E-state index >= 15 is 0 Å². The third kappa shape index (κ3) is 2.59. The maximum Gasteiger partial charge on any atom is 0.196 e. The van der Waals surface area contributed by atoms with Crippen LogP contribution in [-0.4, -0.2) is 12.0 Å². The van der Waals surface area contributed by atoms with Gasteiger partial charge in [0, 0.05) is 5.56 Å². The molecule has 1 unspecified atom stereocenters. The minimum Gasteiger partial charge on any atom is -0.291 e. The number of alkyl halides is 1. The number of ketones is 1. The Labute approximate surface area is 99.9 Å². The molecule has 0 saturated heterocycles. The summed E-state index contributed by atoms with van der Waals surface area (Å²) >= 11 is 0. The third-order valence-electron chi connectivity index (χ3n) is 2.64. The lowest BCUT2D eigenvalue weighted by atomic mass is 10.0. The smallest absolute Gasteiger partial charge is 0.196 e. The first-order valence-electron chi connectivity index (χ1n) is 5.52. The highest BCUT2D eigenvalue weighted by Gasteiger charge is 2.13. The van der Waals surface area contributed by atoms with Crippen molar-refractivity contribution in [1.82, 2.24) is 0 Å². The molecule has 0 saturated carbocycles. The predicted octanol–water partition coefficient (Wildman–Crippen LogP) is 3.89. The Balaban J connectivity index is 2.28. The van der Waals surface area contributed by atoms with Crippen LogP contribution in [0.15, 0.2) is 54.6 Å². The van der Waals surface area contributed by atoms with Crippen LogP contribution >= 0.6 is 0 Å². The molecule has 0 aromatic heterocycles. The highest BCUT2D eigenvalue weighted by atomic mass is 19.1. The largest absolute Gasteiger partial charge is 0.291 e. The van der Waals surface area contributed by atoms with E-state index in [-0.39, 0.29) is 0 Å². The molecule has 2 aromatic carbocycles. The SMILES string of the molecule is CC(F)C(=O)c1ccc(-c2ccccc2)cc1. The van der Waals surface area contributed by atoms with Crippen LogP contribution in [0.4, 0.5) is 4.39 Å². The van der Waals surface area contributed by atoms with E-state index in [0.717, 1.165) is 11.1 Å². The summed E-state index contributed by atoms with van der Waals surface area (Å²) < 4.78 is 12.9. The maximum atomic E-state index is 12.9. The van der Waals surface area contributed by atoms with E-state index in [1.807, 2.05) is 42.5 Å². The van der Waals surface area contributed by atoms with Gasteiger partial charge in [-0.2, -0.15) is 0 Å². The van der Waals surface area contributed by atoms with Crippen LogP contribution in [-0.2, 0) is 0 Å². The molecule has 0 amide bonds. The van der Waals surface area contributed by atoms with Crippen molar-refractivity contribution in [2.45, 2.75) is 13.1 Å². The van der Waals surface area contributed by atoms with Gasteiger partial charge in [0.15, 0.2) is 12.0 Å². The first kappa shape index (κ1) is 11.5. The molecule has 0 N–H and O–H groups in total. The number of Topliss-reactive ketones (excluding diaryl/α,β-unsaturated/α-hetero) is 1. The Hall–Kier alpha value is -1.96. The van der Waals surface area contributed by atoms with E-state index in [0.29, 0.717) is 5.56 Å². The molecule has 2 aromatic rings. The molecule has 0 spiro atoms. The first-order valence-corrected chi connectivity index (χ1v) is 5.52. The zero-order valence-electron chi connectivity index (χ0n) is 9.56. The van der Waals surface area contributed by atoms with Crippen molar-refractivity contribution >= 4 is 5.78 Å². The van der Waals surface area contributed by atoms with Crippen LogP contribution in [0, 0.1) is 0 Å². The lowest BCUT2D eigenvalue weighted by molar-refractivity contribution is 0.0893. The van der Waals surface area contributed by atoms with Crippen LogP contribution in [0.3, 0.4) is 0 Å². The highest BCUT2D eigenvalue weighted by Crippen LogP contribution is 2.19. The molecule has 1 nitrogen and oxygen atoms in total. The number of hydrogen-bond acceptors (Lipinski definition) is 1. The standard InChI is InChI=1S/C15H13FO/c1-11(16)15(17)14-9-7-13(8-10-14)12-5-3-2-4-6-12/h2-11H,1H3. The Morgan fingerprint density at radius 3 is 2.00 bits per heavy atom. The number of carbonyl (C=O) groups is 1. The molecule has 0 aliphatic rings. The van der Waals surface area contributed by atoms with Crippen LogP contribution in [0.5, 0.6) is 0 Å². The number of carbonyl (C=O) groups excluding carboxylic acids is 1. The molecule has 17 heavy (non-hydrogen) atoms. The van der Waals surface area contributed by atoms with Gasteiger partial charge in [0.05, 0.1) is 0 Å².